The van der Waals surface area contributed by atoms with Crippen LogP contribution in [0.25, 0.3) is 0 Å². The van der Waals surface area contributed by atoms with Crippen LogP contribution < -0.4 is 10.1 Å². The number of benzene rings is 1. The Hall–Kier alpha value is -2.66. The first-order valence-corrected chi connectivity index (χ1v) is 10.1. The van der Waals surface area contributed by atoms with Crippen LogP contribution in [0.15, 0.2) is 66.2 Å². The van der Waals surface area contributed by atoms with Gasteiger partial charge in [0.05, 0.1) is 12.2 Å². The van der Waals surface area contributed by atoms with E-state index in [1.807, 2.05) is 36.4 Å². The second-order valence-electron chi connectivity index (χ2n) is 6.30. The second kappa shape index (κ2) is 9.88. The van der Waals surface area contributed by atoms with Crippen molar-refractivity contribution in [3.8, 4) is 5.75 Å². The normalized spacial score (nSPS) is 11.7. The minimum Gasteiger partial charge on any atom is -0.485 e. The Bertz CT molecular complexity index is 835. The highest BCUT2D eigenvalue weighted by atomic mass is 32.1. The van der Waals surface area contributed by atoms with Crippen molar-refractivity contribution < 1.29 is 9.53 Å². The van der Waals surface area contributed by atoms with Gasteiger partial charge in [-0.15, -0.1) is 11.3 Å². The van der Waals surface area contributed by atoms with Gasteiger partial charge < -0.3 is 10.1 Å². The fraction of sp³-hybridized carbons (Fsp3) is 0.273. The largest absolute Gasteiger partial charge is 0.485 e. The molecule has 0 aliphatic carbocycles. The Balaban J connectivity index is 1.65. The number of carbonyl (C=O) groups excluding carboxylic acids is 1. The van der Waals surface area contributed by atoms with Gasteiger partial charge in [0.2, 0.25) is 0 Å². The van der Waals surface area contributed by atoms with Crippen LogP contribution in [-0.2, 0) is 6.54 Å². The molecule has 0 fully saturated rings. The third-order valence-corrected chi connectivity index (χ3v) is 5.18. The molecule has 1 unspecified atom stereocenters. The highest BCUT2D eigenvalue weighted by molar-refractivity contribution is 7.10. The maximum atomic E-state index is 12.5. The van der Waals surface area contributed by atoms with Gasteiger partial charge in [-0.25, -0.2) is 0 Å². The van der Waals surface area contributed by atoms with Crippen molar-refractivity contribution in [2.24, 2.45) is 0 Å². The number of amides is 1. The summed E-state index contributed by atoms with van der Waals surface area (Å²) < 4.78 is 6.23. The minimum atomic E-state index is -0.132. The SMILES string of the molecule is CCCCC(Oc1cccc(C(=O)NCc2ccccn2)c1)c1cccs1. The van der Waals surface area contributed by atoms with Crippen LogP contribution in [0.5, 0.6) is 5.75 Å². The smallest absolute Gasteiger partial charge is 0.251 e. The molecule has 0 aliphatic rings. The lowest BCUT2D eigenvalue weighted by atomic mass is 10.1. The van der Waals surface area contributed by atoms with E-state index < -0.39 is 0 Å². The molecule has 3 aromatic rings. The van der Waals surface area contributed by atoms with Crippen molar-refractivity contribution in [2.75, 3.05) is 0 Å². The van der Waals surface area contributed by atoms with E-state index in [1.54, 1.807) is 29.7 Å². The number of thiophene rings is 1. The Morgan fingerprint density at radius 1 is 1.19 bits per heavy atom. The van der Waals surface area contributed by atoms with E-state index in [0.29, 0.717) is 12.1 Å². The van der Waals surface area contributed by atoms with Crippen molar-refractivity contribution in [3.63, 3.8) is 0 Å². The van der Waals surface area contributed by atoms with Gasteiger partial charge in [-0.3, -0.25) is 9.78 Å². The van der Waals surface area contributed by atoms with Gasteiger partial charge in [0.15, 0.2) is 0 Å². The predicted molar refractivity (Wildman–Crippen MR) is 109 cm³/mol. The van der Waals surface area contributed by atoms with Crippen molar-refractivity contribution >= 4 is 17.2 Å². The van der Waals surface area contributed by atoms with Gasteiger partial charge in [-0.2, -0.15) is 0 Å². The molecule has 3 rings (SSSR count). The van der Waals surface area contributed by atoms with Crippen LogP contribution in [0.2, 0.25) is 0 Å². The van der Waals surface area contributed by atoms with E-state index in [-0.39, 0.29) is 12.0 Å². The molecule has 5 heteroatoms. The van der Waals surface area contributed by atoms with Crippen LogP contribution >= 0.6 is 11.3 Å². The summed E-state index contributed by atoms with van der Waals surface area (Å²) in [6.07, 6.45) is 4.94. The number of nitrogens with zero attached hydrogens (tertiary/aromatic N) is 1. The summed E-state index contributed by atoms with van der Waals surface area (Å²) >= 11 is 1.71. The average Bonchev–Trinajstić information content (AvgIpc) is 3.25. The van der Waals surface area contributed by atoms with Crippen molar-refractivity contribution in [2.45, 2.75) is 38.8 Å². The molecule has 1 amide bonds. The molecule has 0 bridgehead atoms. The zero-order valence-electron chi connectivity index (χ0n) is 15.4. The molecule has 1 N–H and O–H groups in total. The summed E-state index contributed by atoms with van der Waals surface area (Å²) in [5, 5.41) is 4.97. The Morgan fingerprint density at radius 3 is 2.85 bits per heavy atom. The van der Waals surface area contributed by atoms with Crippen LogP contribution in [-0.4, -0.2) is 10.9 Å². The fourth-order valence-electron chi connectivity index (χ4n) is 2.77. The molecule has 2 heterocycles. The van der Waals surface area contributed by atoms with Crippen LogP contribution in [0.1, 0.15) is 53.2 Å². The van der Waals surface area contributed by atoms with E-state index in [9.17, 15) is 4.79 Å². The lowest BCUT2D eigenvalue weighted by Crippen LogP contribution is -2.23. The van der Waals surface area contributed by atoms with Gasteiger partial charge in [0.1, 0.15) is 11.9 Å². The summed E-state index contributed by atoms with van der Waals surface area (Å²) in [4.78, 5) is 17.9. The molecule has 1 atom stereocenters. The standard InChI is InChI=1S/C22H24N2O2S/c1-2-3-11-20(21-12-7-14-27-21)26-19-10-6-8-17(15-19)22(25)24-16-18-9-4-5-13-23-18/h4-10,12-15,20H,2-3,11,16H2,1H3,(H,24,25). The average molecular weight is 381 g/mol. The maximum Gasteiger partial charge on any atom is 0.251 e. The van der Waals surface area contributed by atoms with Crippen molar-refractivity contribution in [1.82, 2.24) is 10.3 Å². The summed E-state index contributed by atoms with van der Waals surface area (Å²) in [7, 11) is 0. The summed E-state index contributed by atoms with van der Waals surface area (Å²) in [6.45, 7) is 2.58. The lowest BCUT2D eigenvalue weighted by Gasteiger charge is -2.18. The second-order valence-corrected chi connectivity index (χ2v) is 7.27. The van der Waals surface area contributed by atoms with Gasteiger partial charge in [0.25, 0.3) is 5.91 Å². The van der Waals surface area contributed by atoms with E-state index in [1.165, 1.54) is 4.88 Å². The number of pyridine rings is 1. The number of carbonyl (C=O) groups is 1. The third-order valence-electron chi connectivity index (χ3n) is 4.21. The molecule has 2 aromatic heterocycles. The van der Waals surface area contributed by atoms with E-state index in [2.05, 4.69) is 28.7 Å². The number of hydrogen-bond donors (Lipinski definition) is 1. The third kappa shape index (κ3) is 5.66. The first kappa shape index (κ1) is 19.1. The number of nitrogens with one attached hydrogen (secondary N) is 1. The van der Waals surface area contributed by atoms with Gasteiger partial charge >= 0.3 is 0 Å². The van der Waals surface area contributed by atoms with Crippen molar-refractivity contribution in [1.29, 1.82) is 0 Å². The zero-order chi connectivity index (χ0) is 18.9. The minimum absolute atomic E-state index is 0.0248. The topological polar surface area (TPSA) is 51.2 Å². The maximum absolute atomic E-state index is 12.5. The summed E-state index contributed by atoms with van der Waals surface area (Å²) in [6, 6.07) is 17.2. The van der Waals surface area contributed by atoms with Crippen molar-refractivity contribution in [3.05, 3.63) is 82.3 Å². The molecule has 0 saturated heterocycles. The molecule has 0 aliphatic heterocycles. The number of aromatic nitrogens is 1. The van der Waals surface area contributed by atoms with Gasteiger partial charge in [0, 0.05) is 16.6 Å². The number of unbranched alkanes of at least 4 members (excludes halogenated alkanes) is 1. The molecule has 140 valence electrons. The van der Waals surface area contributed by atoms with E-state index >= 15 is 0 Å². The number of hydrogen-bond acceptors (Lipinski definition) is 4. The Kier molecular flexibility index (Phi) is 6.99. The van der Waals surface area contributed by atoms with Crippen LogP contribution in [0.4, 0.5) is 0 Å². The fourth-order valence-corrected chi connectivity index (χ4v) is 3.56. The highest BCUT2D eigenvalue weighted by Gasteiger charge is 2.15. The zero-order valence-corrected chi connectivity index (χ0v) is 16.2. The number of ether oxygens (including phenoxy) is 1. The summed E-state index contributed by atoms with van der Waals surface area (Å²) in [5.41, 5.74) is 1.42. The predicted octanol–water partition coefficient (Wildman–Crippen LogP) is 5.38. The Labute approximate surface area is 164 Å². The van der Waals surface area contributed by atoms with Gasteiger partial charge in [-0.1, -0.05) is 31.5 Å². The first-order valence-electron chi connectivity index (χ1n) is 9.24. The quantitative estimate of drug-likeness (QED) is 0.542. The molecule has 1 aromatic carbocycles. The van der Waals surface area contributed by atoms with Crippen LogP contribution in [0, 0.1) is 0 Å². The monoisotopic (exact) mass is 380 g/mol. The van der Waals surface area contributed by atoms with Gasteiger partial charge in [-0.05, 0) is 54.6 Å². The molecule has 0 spiro atoms. The molecule has 0 radical (unpaired) electrons. The molecule has 27 heavy (non-hydrogen) atoms. The van der Waals surface area contributed by atoms with Crippen LogP contribution in [0.3, 0.4) is 0 Å². The number of rotatable bonds is 9. The molecule has 0 saturated carbocycles. The lowest BCUT2D eigenvalue weighted by molar-refractivity contribution is 0.0949. The van der Waals surface area contributed by atoms with E-state index in [4.69, 9.17) is 4.74 Å². The Morgan fingerprint density at radius 2 is 2.11 bits per heavy atom. The molecule has 4 nitrogen and oxygen atoms in total. The molecular weight excluding hydrogens is 356 g/mol. The molecular formula is C22H24N2O2S. The van der Waals surface area contributed by atoms with E-state index in [0.717, 1.165) is 30.7 Å². The first-order chi connectivity index (χ1) is 13.3. The summed E-state index contributed by atoms with van der Waals surface area (Å²) in [5.74, 6) is 0.585. The highest BCUT2D eigenvalue weighted by Crippen LogP contribution is 2.30.